The Hall–Kier alpha value is -1.06. The second kappa shape index (κ2) is 6.40. The summed E-state index contributed by atoms with van der Waals surface area (Å²) in [5, 5.41) is 3.43. The summed E-state index contributed by atoms with van der Waals surface area (Å²) in [7, 11) is 3.98. The molecule has 1 saturated heterocycles. The van der Waals surface area contributed by atoms with E-state index >= 15 is 0 Å². The van der Waals surface area contributed by atoms with Crippen molar-refractivity contribution in [2.24, 2.45) is 0 Å². The molecule has 3 heteroatoms. The number of nitrogens with one attached hydrogen (secondary N) is 1. The maximum atomic E-state index is 5.37. The van der Waals surface area contributed by atoms with Crippen LogP contribution in [-0.2, 0) is 6.42 Å². The first-order valence-electron chi connectivity index (χ1n) is 7.17. The smallest absolute Gasteiger partial charge is 0.122 e. The lowest BCUT2D eigenvalue weighted by molar-refractivity contribution is 0.260. The molecule has 1 N–H and O–H groups in total. The lowest BCUT2D eigenvalue weighted by Crippen LogP contribution is -2.34. The SMILES string of the molecule is COc1ccc(CCN(C)C2CCNC2)c(C)c1C. The van der Waals surface area contributed by atoms with Crippen LogP contribution in [0.4, 0.5) is 0 Å². The zero-order valence-corrected chi connectivity index (χ0v) is 12.6. The second-order valence-corrected chi connectivity index (χ2v) is 5.55. The molecule has 0 bridgehead atoms. The van der Waals surface area contributed by atoms with Gasteiger partial charge in [0.05, 0.1) is 7.11 Å². The first-order valence-corrected chi connectivity index (χ1v) is 7.17. The van der Waals surface area contributed by atoms with E-state index in [4.69, 9.17) is 4.74 Å². The Morgan fingerprint density at radius 2 is 2.11 bits per heavy atom. The summed E-state index contributed by atoms with van der Waals surface area (Å²) in [6.07, 6.45) is 2.39. The molecule has 1 aliphatic heterocycles. The van der Waals surface area contributed by atoms with Crippen molar-refractivity contribution in [3.63, 3.8) is 0 Å². The molecular formula is C16H26N2O. The predicted molar refractivity (Wildman–Crippen MR) is 80.1 cm³/mol. The van der Waals surface area contributed by atoms with Crippen LogP contribution in [-0.4, -0.2) is 44.7 Å². The van der Waals surface area contributed by atoms with Gasteiger partial charge in [0.1, 0.15) is 5.75 Å². The maximum absolute atomic E-state index is 5.37. The average Bonchev–Trinajstić information content (AvgIpc) is 2.94. The van der Waals surface area contributed by atoms with Crippen molar-refractivity contribution in [2.75, 3.05) is 33.8 Å². The predicted octanol–water partition coefficient (Wildman–Crippen LogP) is 2.15. The molecule has 1 aromatic rings. The molecule has 1 heterocycles. The Balaban J connectivity index is 1.97. The molecule has 106 valence electrons. The fourth-order valence-corrected chi connectivity index (χ4v) is 2.84. The Morgan fingerprint density at radius 1 is 1.32 bits per heavy atom. The van der Waals surface area contributed by atoms with E-state index in [1.165, 1.54) is 23.1 Å². The van der Waals surface area contributed by atoms with Crippen LogP contribution in [0.25, 0.3) is 0 Å². The van der Waals surface area contributed by atoms with E-state index in [9.17, 15) is 0 Å². The largest absolute Gasteiger partial charge is 0.496 e. The number of nitrogens with zero attached hydrogens (tertiary/aromatic N) is 1. The van der Waals surface area contributed by atoms with Gasteiger partial charge in [0.25, 0.3) is 0 Å². The summed E-state index contributed by atoms with van der Waals surface area (Å²) in [6.45, 7) is 7.76. The number of likely N-dealkylation sites (N-methyl/N-ethyl adjacent to an activating group) is 1. The summed E-state index contributed by atoms with van der Waals surface area (Å²) in [5.74, 6) is 0.995. The third kappa shape index (κ3) is 3.28. The van der Waals surface area contributed by atoms with Gasteiger partial charge >= 0.3 is 0 Å². The number of hydrogen-bond acceptors (Lipinski definition) is 3. The van der Waals surface area contributed by atoms with Gasteiger partial charge in [-0.3, -0.25) is 0 Å². The number of methoxy groups -OCH3 is 1. The van der Waals surface area contributed by atoms with Crippen LogP contribution >= 0.6 is 0 Å². The molecular weight excluding hydrogens is 236 g/mol. The van der Waals surface area contributed by atoms with E-state index in [1.54, 1.807) is 7.11 Å². The van der Waals surface area contributed by atoms with Crippen molar-refractivity contribution in [3.05, 3.63) is 28.8 Å². The average molecular weight is 262 g/mol. The maximum Gasteiger partial charge on any atom is 0.122 e. The molecule has 0 radical (unpaired) electrons. The van der Waals surface area contributed by atoms with Crippen molar-refractivity contribution in [1.29, 1.82) is 0 Å². The summed E-state index contributed by atoms with van der Waals surface area (Å²) in [6, 6.07) is 5.01. The molecule has 0 saturated carbocycles. The van der Waals surface area contributed by atoms with Gasteiger partial charge in [0.15, 0.2) is 0 Å². The highest BCUT2D eigenvalue weighted by atomic mass is 16.5. The molecule has 1 fully saturated rings. The lowest BCUT2D eigenvalue weighted by atomic mass is 9.99. The van der Waals surface area contributed by atoms with Crippen LogP contribution in [0.5, 0.6) is 5.75 Å². The third-order valence-electron chi connectivity index (χ3n) is 4.46. The Morgan fingerprint density at radius 3 is 2.74 bits per heavy atom. The highest BCUT2D eigenvalue weighted by molar-refractivity contribution is 5.43. The van der Waals surface area contributed by atoms with Crippen molar-refractivity contribution in [3.8, 4) is 5.75 Å². The Kier molecular flexibility index (Phi) is 4.83. The van der Waals surface area contributed by atoms with Gasteiger partial charge in [-0.05, 0) is 63.0 Å². The quantitative estimate of drug-likeness (QED) is 0.880. The summed E-state index contributed by atoms with van der Waals surface area (Å²) in [5.41, 5.74) is 4.08. The second-order valence-electron chi connectivity index (χ2n) is 5.55. The lowest BCUT2D eigenvalue weighted by Gasteiger charge is -2.24. The van der Waals surface area contributed by atoms with Gasteiger partial charge in [-0.15, -0.1) is 0 Å². The molecule has 1 aromatic carbocycles. The number of hydrogen-bond donors (Lipinski definition) is 1. The standard InChI is InChI=1S/C16H26N2O/c1-12-13(2)16(19-4)6-5-14(12)8-10-18(3)15-7-9-17-11-15/h5-6,15,17H,7-11H2,1-4H3. The zero-order valence-electron chi connectivity index (χ0n) is 12.6. The minimum Gasteiger partial charge on any atom is -0.496 e. The van der Waals surface area contributed by atoms with Gasteiger partial charge < -0.3 is 15.0 Å². The number of rotatable bonds is 5. The Bertz CT molecular complexity index is 425. The van der Waals surface area contributed by atoms with Gasteiger partial charge in [0.2, 0.25) is 0 Å². The molecule has 0 aliphatic carbocycles. The van der Waals surface area contributed by atoms with E-state index in [-0.39, 0.29) is 0 Å². The molecule has 0 amide bonds. The van der Waals surface area contributed by atoms with Crippen LogP contribution in [0.3, 0.4) is 0 Å². The van der Waals surface area contributed by atoms with Crippen LogP contribution in [0.15, 0.2) is 12.1 Å². The van der Waals surface area contributed by atoms with Crippen LogP contribution < -0.4 is 10.1 Å². The van der Waals surface area contributed by atoms with E-state index < -0.39 is 0 Å². The van der Waals surface area contributed by atoms with E-state index in [0.29, 0.717) is 6.04 Å². The molecule has 0 aromatic heterocycles. The third-order valence-corrected chi connectivity index (χ3v) is 4.46. The molecule has 2 rings (SSSR count). The molecule has 0 spiro atoms. The van der Waals surface area contributed by atoms with Crippen molar-refractivity contribution in [1.82, 2.24) is 10.2 Å². The molecule has 1 atom stereocenters. The minimum atomic E-state index is 0.708. The normalized spacial score (nSPS) is 19.1. The van der Waals surface area contributed by atoms with Gasteiger partial charge in [-0.1, -0.05) is 6.07 Å². The summed E-state index contributed by atoms with van der Waals surface area (Å²) >= 11 is 0. The molecule has 1 unspecified atom stereocenters. The summed E-state index contributed by atoms with van der Waals surface area (Å²) in [4.78, 5) is 2.49. The van der Waals surface area contributed by atoms with Crippen molar-refractivity contribution in [2.45, 2.75) is 32.7 Å². The topological polar surface area (TPSA) is 24.5 Å². The molecule has 19 heavy (non-hydrogen) atoms. The van der Waals surface area contributed by atoms with Gasteiger partial charge in [-0.25, -0.2) is 0 Å². The first-order chi connectivity index (χ1) is 9.13. The number of benzene rings is 1. The fourth-order valence-electron chi connectivity index (χ4n) is 2.84. The monoisotopic (exact) mass is 262 g/mol. The number of ether oxygens (including phenoxy) is 1. The van der Waals surface area contributed by atoms with Crippen LogP contribution in [0.1, 0.15) is 23.1 Å². The van der Waals surface area contributed by atoms with E-state index in [2.05, 4.69) is 43.2 Å². The highest BCUT2D eigenvalue weighted by Gasteiger charge is 2.18. The highest BCUT2D eigenvalue weighted by Crippen LogP contribution is 2.24. The van der Waals surface area contributed by atoms with Crippen molar-refractivity contribution >= 4 is 0 Å². The van der Waals surface area contributed by atoms with Crippen LogP contribution in [0, 0.1) is 13.8 Å². The zero-order chi connectivity index (χ0) is 13.8. The summed E-state index contributed by atoms with van der Waals surface area (Å²) < 4.78 is 5.37. The van der Waals surface area contributed by atoms with Crippen LogP contribution in [0.2, 0.25) is 0 Å². The van der Waals surface area contributed by atoms with Gasteiger partial charge in [0, 0.05) is 19.1 Å². The van der Waals surface area contributed by atoms with Crippen molar-refractivity contribution < 1.29 is 4.74 Å². The molecule has 1 aliphatic rings. The molecule has 3 nitrogen and oxygen atoms in total. The van der Waals surface area contributed by atoms with E-state index in [1.807, 2.05) is 0 Å². The van der Waals surface area contributed by atoms with Gasteiger partial charge in [-0.2, -0.15) is 0 Å². The van der Waals surface area contributed by atoms with E-state index in [0.717, 1.165) is 31.8 Å². The fraction of sp³-hybridized carbons (Fsp3) is 0.625. The first kappa shape index (κ1) is 14.4. The minimum absolute atomic E-state index is 0.708. The Labute approximate surface area is 116 Å².